The van der Waals surface area contributed by atoms with E-state index >= 15 is 0 Å². The quantitative estimate of drug-likeness (QED) is 0.699. The fourth-order valence-corrected chi connectivity index (χ4v) is 3.08. The minimum Gasteiger partial charge on any atom is -0.259 e. The summed E-state index contributed by atoms with van der Waals surface area (Å²) in [6.07, 6.45) is 6.71. The van der Waals surface area contributed by atoms with Gasteiger partial charge in [-0.15, -0.1) is 0 Å². The third-order valence-electron chi connectivity index (χ3n) is 2.79. The molecular formula is C13H28OS. The summed E-state index contributed by atoms with van der Waals surface area (Å²) in [7, 11) is -0.635. The van der Waals surface area contributed by atoms with E-state index in [2.05, 4.69) is 20.8 Å². The Morgan fingerprint density at radius 3 is 1.93 bits per heavy atom. The summed E-state index contributed by atoms with van der Waals surface area (Å²) in [6.45, 7) is 10.2. The Hall–Kier alpha value is 0.150. The first kappa shape index (κ1) is 15.2. The smallest absolute Gasteiger partial charge is 0.0375 e. The zero-order chi connectivity index (χ0) is 11.9. The second-order valence-corrected chi connectivity index (χ2v) is 7.38. The van der Waals surface area contributed by atoms with E-state index in [1.807, 2.05) is 13.8 Å². The van der Waals surface area contributed by atoms with Gasteiger partial charge in [0.1, 0.15) is 0 Å². The van der Waals surface area contributed by atoms with Crippen LogP contribution < -0.4 is 0 Å². The summed E-state index contributed by atoms with van der Waals surface area (Å²) in [6, 6.07) is 0. The summed E-state index contributed by atoms with van der Waals surface area (Å²) < 4.78 is 11.8. The maximum Gasteiger partial charge on any atom is 0.0375 e. The van der Waals surface area contributed by atoms with Crippen LogP contribution in [0.2, 0.25) is 0 Å². The molecule has 0 aromatic rings. The van der Waals surface area contributed by atoms with Crippen LogP contribution in [-0.2, 0) is 10.8 Å². The van der Waals surface area contributed by atoms with Crippen LogP contribution in [0, 0.1) is 5.92 Å². The zero-order valence-corrected chi connectivity index (χ0v) is 12.0. The van der Waals surface area contributed by atoms with Crippen molar-refractivity contribution in [2.75, 3.05) is 5.75 Å². The molecular weight excluding hydrogens is 204 g/mol. The van der Waals surface area contributed by atoms with Gasteiger partial charge in [0.15, 0.2) is 0 Å². The van der Waals surface area contributed by atoms with E-state index in [0.717, 1.165) is 11.7 Å². The molecule has 0 amide bonds. The summed E-state index contributed by atoms with van der Waals surface area (Å²) >= 11 is 0. The van der Waals surface area contributed by atoms with Crippen LogP contribution in [-0.4, -0.2) is 14.7 Å². The molecule has 1 atom stereocenters. The van der Waals surface area contributed by atoms with E-state index < -0.39 is 10.8 Å². The van der Waals surface area contributed by atoms with Crippen LogP contribution in [0.25, 0.3) is 0 Å². The predicted octanol–water partition coefficient (Wildman–Crippen LogP) is 4.14. The van der Waals surface area contributed by atoms with Crippen molar-refractivity contribution in [2.45, 2.75) is 71.5 Å². The van der Waals surface area contributed by atoms with Gasteiger partial charge in [-0.1, -0.05) is 33.1 Å². The Kier molecular flexibility index (Phi) is 7.50. The highest BCUT2D eigenvalue weighted by molar-refractivity contribution is 7.86. The van der Waals surface area contributed by atoms with Crippen molar-refractivity contribution in [3.05, 3.63) is 0 Å². The molecule has 0 saturated heterocycles. The van der Waals surface area contributed by atoms with Gasteiger partial charge < -0.3 is 0 Å². The Balaban J connectivity index is 0.000000921. The Bertz CT molecular complexity index is 175. The van der Waals surface area contributed by atoms with E-state index in [9.17, 15) is 4.21 Å². The molecule has 1 saturated carbocycles. The number of hydrogen-bond donors (Lipinski definition) is 0. The molecule has 1 rings (SSSR count). The molecule has 0 spiro atoms. The third-order valence-corrected chi connectivity index (χ3v) is 4.94. The second kappa shape index (κ2) is 7.43. The fourth-order valence-electron chi connectivity index (χ4n) is 1.82. The number of rotatable bonds is 2. The average molecular weight is 232 g/mol. The highest BCUT2D eigenvalue weighted by Crippen LogP contribution is 2.26. The first-order valence-electron chi connectivity index (χ1n) is 6.38. The SMILES string of the molecule is CC.CC(C)(C)S(=O)CC1CCCCC1. The number of hydrogen-bond acceptors (Lipinski definition) is 1. The minimum atomic E-state index is -0.635. The normalized spacial score (nSPS) is 20.3. The molecule has 1 nitrogen and oxygen atoms in total. The molecule has 1 fully saturated rings. The van der Waals surface area contributed by atoms with E-state index in [1.54, 1.807) is 0 Å². The molecule has 0 aromatic heterocycles. The lowest BCUT2D eigenvalue weighted by Crippen LogP contribution is -2.28. The first-order valence-corrected chi connectivity index (χ1v) is 7.70. The summed E-state index contributed by atoms with van der Waals surface area (Å²) in [5.74, 6) is 1.68. The molecule has 0 radical (unpaired) electrons. The molecule has 92 valence electrons. The monoisotopic (exact) mass is 232 g/mol. The van der Waals surface area contributed by atoms with Gasteiger partial charge in [-0.3, -0.25) is 4.21 Å². The Labute approximate surface area is 98.5 Å². The van der Waals surface area contributed by atoms with Crippen molar-refractivity contribution >= 4 is 10.8 Å². The van der Waals surface area contributed by atoms with Gasteiger partial charge in [-0.2, -0.15) is 0 Å². The molecule has 0 N–H and O–H groups in total. The molecule has 1 aliphatic carbocycles. The Morgan fingerprint density at radius 2 is 1.53 bits per heavy atom. The van der Waals surface area contributed by atoms with Crippen molar-refractivity contribution < 1.29 is 4.21 Å². The lowest BCUT2D eigenvalue weighted by atomic mass is 9.91. The van der Waals surface area contributed by atoms with Gasteiger partial charge in [0, 0.05) is 21.3 Å². The topological polar surface area (TPSA) is 17.1 Å². The second-order valence-electron chi connectivity index (χ2n) is 5.13. The molecule has 1 unspecified atom stereocenters. The average Bonchev–Trinajstić information content (AvgIpc) is 2.21. The van der Waals surface area contributed by atoms with Crippen molar-refractivity contribution in [1.82, 2.24) is 0 Å². The summed E-state index contributed by atoms with van der Waals surface area (Å²) in [5.41, 5.74) is 0. The molecule has 15 heavy (non-hydrogen) atoms. The molecule has 1 aliphatic rings. The van der Waals surface area contributed by atoms with E-state index in [0.29, 0.717) is 0 Å². The van der Waals surface area contributed by atoms with Gasteiger partial charge in [0.05, 0.1) is 0 Å². The van der Waals surface area contributed by atoms with Gasteiger partial charge in [0.2, 0.25) is 0 Å². The third kappa shape index (κ3) is 6.34. The molecule has 0 heterocycles. The molecule has 0 aromatic carbocycles. The summed E-state index contributed by atoms with van der Waals surface area (Å²) in [5, 5.41) is 0. The molecule has 2 heteroatoms. The van der Waals surface area contributed by atoms with E-state index in [1.165, 1.54) is 32.1 Å². The van der Waals surface area contributed by atoms with Crippen LogP contribution in [0.3, 0.4) is 0 Å². The van der Waals surface area contributed by atoms with Crippen molar-refractivity contribution in [3.63, 3.8) is 0 Å². The van der Waals surface area contributed by atoms with Crippen LogP contribution in [0.5, 0.6) is 0 Å². The van der Waals surface area contributed by atoms with E-state index in [4.69, 9.17) is 0 Å². The standard InChI is InChI=1S/C11H22OS.C2H6/c1-11(2,3)13(12)9-10-7-5-4-6-8-10;1-2/h10H,4-9H2,1-3H3;1-2H3. The van der Waals surface area contributed by atoms with Crippen LogP contribution >= 0.6 is 0 Å². The van der Waals surface area contributed by atoms with Gasteiger partial charge in [0.25, 0.3) is 0 Å². The highest BCUT2D eigenvalue weighted by Gasteiger charge is 2.23. The maximum absolute atomic E-state index is 11.8. The van der Waals surface area contributed by atoms with E-state index in [-0.39, 0.29) is 4.75 Å². The van der Waals surface area contributed by atoms with Crippen molar-refractivity contribution in [2.24, 2.45) is 5.92 Å². The van der Waals surface area contributed by atoms with Crippen molar-refractivity contribution in [1.29, 1.82) is 0 Å². The fraction of sp³-hybridized carbons (Fsp3) is 1.00. The minimum absolute atomic E-state index is 0.0164. The van der Waals surface area contributed by atoms with Gasteiger partial charge >= 0.3 is 0 Å². The first-order chi connectivity index (χ1) is 7.00. The Morgan fingerprint density at radius 1 is 1.07 bits per heavy atom. The zero-order valence-electron chi connectivity index (χ0n) is 11.1. The van der Waals surface area contributed by atoms with Gasteiger partial charge in [-0.05, 0) is 39.5 Å². The largest absolute Gasteiger partial charge is 0.259 e. The predicted molar refractivity (Wildman–Crippen MR) is 70.7 cm³/mol. The van der Waals surface area contributed by atoms with Crippen molar-refractivity contribution in [3.8, 4) is 0 Å². The lowest BCUT2D eigenvalue weighted by Gasteiger charge is -2.25. The highest BCUT2D eigenvalue weighted by atomic mass is 32.2. The van der Waals surface area contributed by atoms with Crippen LogP contribution in [0.1, 0.15) is 66.7 Å². The molecule has 0 bridgehead atoms. The maximum atomic E-state index is 11.8. The van der Waals surface area contributed by atoms with Gasteiger partial charge in [-0.25, -0.2) is 0 Å². The van der Waals surface area contributed by atoms with Crippen LogP contribution in [0.15, 0.2) is 0 Å². The molecule has 0 aliphatic heterocycles. The summed E-state index contributed by atoms with van der Waals surface area (Å²) in [4.78, 5) is 0. The van der Waals surface area contributed by atoms with Crippen LogP contribution in [0.4, 0.5) is 0 Å². The lowest BCUT2D eigenvalue weighted by molar-refractivity contribution is 0.387.